The van der Waals surface area contributed by atoms with Gasteiger partial charge in [0.25, 0.3) is 0 Å². The molecule has 5 nitrogen and oxygen atoms in total. The second-order valence-electron chi connectivity index (χ2n) is 4.78. The van der Waals surface area contributed by atoms with Gasteiger partial charge in [0.1, 0.15) is 12.4 Å². The van der Waals surface area contributed by atoms with Gasteiger partial charge in [0.2, 0.25) is 10.0 Å². The van der Waals surface area contributed by atoms with Crippen molar-refractivity contribution >= 4 is 15.7 Å². The SMILES string of the molecule is CC(C)CCNS(=O)(=O)CCOc1ccccc1N. The number of nitrogen functional groups attached to an aromatic ring is 1. The molecule has 0 aliphatic heterocycles. The van der Waals surface area contributed by atoms with Crippen LogP contribution < -0.4 is 15.2 Å². The van der Waals surface area contributed by atoms with Crippen LogP contribution in [-0.4, -0.2) is 27.3 Å². The number of sulfonamides is 1. The second kappa shape index (κ2) is 7.35. The summed E-state index contributed by atoms with van der Waals surface area (Å²) in [4.78, 5) is 0. The topological polar surface area (TPSA) is 81.4 Å². The van der Waals surface area contributed by atoms with Crippen LogP contribution in [0.4, 0.5) is 5.69 Å². The molecule has 0 heterocycles. The highest BCUT2D eigenvalue weighted by Gasteiger charge is 2.10. The summed E-state index contributed by atoms with van der Waals surface area (Å²) in [5.74, 6) is 0.919. The molecule has 0 aliphatic carbocycles. The number of benzene rings is 1. The lowest BCUT2D eigenvalue weighted by Gasteiger charge is -2.10. The highest BCUT2D eigenvalue weighted by molar-refractivity contribution is 7.89. The summed E-state index contributed by atoms with van der Waals surface area (Å²) in [5.41, 5.74) is 6.20. The Morgan fingerprint density at radius 2 is 2.00 bits per heavy atom. The van der Waals surface area contributed by atoms with Gasteiger partial charge in [0.05, 0.1) is 11.4 Å². The Bertz CT molecular complexity index is 486. The van der Waals surface area contributed by atoms with Crippen molar-refractivity contribution in [3.05, 3.63) is 24.3 Å². The number of ether oxygens (including phenoxy) is 1. The lowest BCUT2D eigenvalue weighted by molar-refractivity contribution is 0.342. The molecule has 0 spiro atoms. The van der Waals surface area contributed by atoms with E-state index in [-0.39, 0.29) is 12.4 Å². The van der Waals surface area contributed by atoms with E-state index in [9.17, 15) is 8.42 Å². The predicted molar refractivity (Wildman–Crippen MR) is 77.6 cm³/mol. The monoisotopic (exact) mass is 286 g/mol. The number of hydrogen-bond acceptors (Lipinski definition) is 4. The molecule has 108 valence electrons. The van der Waals surface area contributed by atoms with Crippen LogP contribution in [0.5, 0.6) is 5.75 Å². The smallest absolute Gasteiger partial charge is 0.214 e. The van der Waals surface area contributed by atoms with E-state index in [4.69, 9.17) is 10.5 Å². The molecule has 0 saturated carbocycles. The third-order valence-corrected chi connectivity index (χ3v) is 3.92. The van der Waals surface area contributed by atoms with E-state index in [1.807, 2.05) is 0 Å². The number of para-hydroxylation sites is 2. The predicted octanol–water partition coefficient (Wildman–Crippen LogP) is 1.61. The van der Waals surface area contributed by atoms with Gasteiger partial charge >= 0.3 is 0 Å². The van der Waals surface area contributed by atoms with Crippen LogP contribution in [0.15, 0.2) is 24.3 Å². The molecule has 19 heavy (non-hydrogen) atoms. The van der Waals surface area contributed by atoms with Crippen LogP contribution in [0.3, 0.4) is 0 Å². The van der Waals surface area contributed by atoms with E-state index < -0.39 is 10.0 Å². The fourth-order valence-electron chi connectivity index (χ4n) is 1.45. The van der Waals surface area contributed by atoms with Crippen LogP contribution >= 0.6 is 0 Å². The first kappa shape index (κ1) is 15.8. The number of nitrogens with one attached hydrogen (secondary N) is 1. The zero-order valence-electron chi connectivity index (χ0n) is 11.4. The maximum absolute atomic E-state index is 11.7. The summed E-state index contributed by atoms with van der Waals surface area (Å²) in [5, 5.41) is 0. The van der Waals surface area contributed by atoms with Crippen LogP contribution in [0.25, 0.3) is 0 Å². The van der Waals surface area contributed by atoms with E-state index in [0.29, 0.717) is 23.9 Å². The van der Waals surface area contributed by atoms with Crippen molar-refractivity contribution in [2.75, 3.05) is 24.6 Å². The van der Waals surface area contributed by atoms with Crippen LogP contribution in [-0.2, 0) is 10.0 Å². The lowest BCUT2D eigenvalue weighted by atomic mass is 10.1. The summed E-state index contributed by atoms with van der Waals surface area (Å²) in [6.45, 7) is 4.66. The molecule has 0 fully saturated rings. The molecule has 1 rings (SSSR count). The highest BCUT2D eigenvalue weighted by Crippen LogP contribution is 2.19. The van der Waals surface area contributed by atoms with E-state index >= 15 is 0 Å². The Kier molecular flexibility index (Phi) is 6.11. The molecule has 0 aliphatic rings. The van der Waals surface area contributed by atoms with Gasteiger partial charge in [-0.25, -0.2) is 13.1 Å². The molecule has 0 radical (unpaired) electrons. The Morgan fingerprint density at radius 1 is 1.32 bits per heavy atom. The minimum absolute atomic E-state index is 0.0700. The van der Waals surface area contributed by atoms with Crippen LogP contribution in [0.1, 0.15) is 20.3 Å². The average Bonchev–Trinajstić information content (AvgIpc) is 2.30. The summed E-state index contributed by atoms with van der Waals surface area (Å²) in [6, 6.07) is 7.02. The van der Waals surface area contributed by atoms with E-state index in [1.165, 1.54) is 0 Å². The van der Waals surface area contributed by atoms with Gasteiger partial charge in [-0.1, -0.05) is 26.0 Å². The maximum atomic E-state index is 11.7. The van der Waals surface area contributed by atoms with Gasteiger partial charge in [-0.3, -0.25) is 0 Å². The van der Waals surface area contributed by atoms with Crippen LogP contribution in [0, 0.1) is 5.92 Å². The minimum Gasteiger partial charge on any atom is -0.490 e. The molecule has 0 amide bonds. The number of anilines is 1. The zero-order valence-corrected chi connectivity index (χ0v) is 12.2. The first-order valence-corrected chi connectivity index (χ1v) is 8.00. The summed E-state index contributed by atoms with van der Waals surface area (Å²) >= 11 is 0. The van der Waals surface area contributed by atoms with E-state index in [0.717, 1.165) is 6.42 Å². The van der Waals surface area contributed by atoms with Crippen molar-refractivity contribution in [3.8, 4) is 5.75 Å². The lowest BCUT2D eigenvalue weighted by Crippen LogP contribution is -2.30. The van der Waals surface area contributed by atoms with Gasteiger partial charge in [-0.05, 0) is 24.5 Å². The first-order valence-electron chi connectivity index (χ1n) is 6.35. The summed E-state index contributed by atoms with van der Waals surface area (Å²) in [7, 11) is -3.28. The Hall–Kier alpha value is -1.27. The first-order chi connectivity index (χ1) is 8.91. The Morgan fingerprint density at radius 3 is 2.63 bits per heavy atom. The van der Waals surface area contributed by atoms with Gasteiger partial charge < -0.3 is 10.5 Å². The summed E-state index contributed by atoms with van der Waals surface area (Å²) in [6.07, 6.45) is 0.825. The Balaban J connectivity index is 2.34. The zero-order chi connectivity index (χ0) is 14.3. The fourth-order valence-corrected chi connectivity index (χ4v) is 2.32. The van der Waals surface area contributed by atoms with Crippen molar-refractivity contribution in [2.45, 2.75) is 20.3 Å². The minimum atomic E-state index is -3.28. The molecule has 6 heteroatoms. The third kappa shape index (κ3) is 6.45. The molecule has 1 aromatic carbocycles. The quantitative estimate of drug-likeness (QED) is 0.711. The van der Waals surface area contributed by atoms with Crippen LogP contribution in [0.2, 0.25) is 0 Å². The van der Waals surface area contributed by atoms with Gasteiger partial charge in [-0.2, -0.15) is 0 Å². The number of rotatable bonds is 8. The number of hydrogen-bond donors (Lipinski definition) is 2. The third-order valence-electron chi connectivity index (χ3n) is 2.57. The Labute approximate surface area is 115 Å². The molecule has 0 aromatic heterocycles. The molecule has 3 N–H and O–H groups in total. The second-order valence-corrected chi connectivity index (χ2v) is 6.71. The summed E-state index contributed by atoms with van der Waals surface area (Å²) < 4.78 is 31.2. The molecule has 0 saturated heterocycles. The largest absolute Gasteiger partial charge is 0.490 e. The normalized spacial score (nSPS) is 11.7. The standard InChI is InChI=1S/C13H22N2O3S/c1-11(2)7-8-15-19(16,17)10-9-18-13-6-4-3-5-12(13)14/h3-6,11,15H,7-10,14H2,1-2H3. The molecule has 1 aromatic rings. The number of nitrogens with two attached hydrogens (primary N) is 1. The van der Waals surface area contributed by atoms with E-state index in [2.05, 4.69) is 18.6 Å². The van der Waals surface area contributed by atoms with Crippen molar-refractivity contribution in [2.24, 2.45) is 5.92 Å². The van der Waals surface area contributed by atoms with E-state index in [1.54, 1.807) is 24.3 Å². The molecular formula is C13H22N2O3S. The van der Waals surface area contributed by atoms with Gasteiger partial charge in [0, 0.05) is 6.54 Å². The van der Waals surface area contributed by atoms with Gasteiger partial charge in [-0.15, -0.1) is 0 Å². The van der Waals surface area contributed by atoms with Crippen molar-refractivity contribution < 1.29 is 13.2 Å². The molecule has 0 unspecified atom stereocenters. The van der Waals surface area contributed by atoms with Crippen molar-refractivity contribution in [1.29, 1.82) is 0 Å². The fraction of sp³-hybridized carbons (Fsp3) is 0.538. The average molecular weight is 286 g/mol. The van der Waals surface area contributed by atoms with Crippen molar-refractivity contribution in [3.63, 3.8) is 0 Å². The molecule has 0 atom stereocenters. The maximum Gasteiger partial charge on any atom is 0.214 e. The van der Waals surface area contributed by atoms with Gasteiger partial charge in [0.15, 0.2) is 0 Å². The highest BCUT2D eigenvalue weighted by atomic mass is 32.2. The molecule has 0 bridgehead atoms. The van der Waals surface area contributed by atoms with Crippen molar-refractivity contribution in [1.82, 2.24) is 4.72 Å². The molecular weight excluding hydrogens is 264 g/mol.